The van der Waals surface area contributed by atoms with Crippen LogP contribution in [0.4, 0.5) is 0 Å². The molecule has 0 radical (unpaired) electrons. The molecule has 1 amide bonds. The molecule has 2 aliphatic rings. The molecular weight excluding hydrogens is 506 g/mol. The van der Waals surface area contributed by atoms with Crippen LogP contribution in [-0.2, 0) is 30.8 Å². The van der Waals surface area contributed by atoms with Crippen molar-refractivity contribution in [1.29, 1.82) is 0 Å². The molecule has 0 bridgehead atoms. The lowest BCUT2D eigenvalue weighted by molar-refractivity contribution is -0.149. The standard InChI is InChI=1S/C28H37N3O6S/c1-20-6-12-24(13-7-20)38(34,35)31(27(32)25-5-4-16-29-25)26(28(33)36-3)19-21-8-10-22(11-9-21)37-23-14-17-30(2)18-15-23/h6-13,23,25-26,29H,4-5,14-19H2,1-3H3/t25-,26+/m0/s1. The number of esters is 1. The van der Waals surface area contributed by atoms with Crippen LogP contribution in [0.2, 0.25) is 0 Å². The number of ether oxygens (including phenoxy) is 2. The van der Waals surface area contributed by atoms with Gasteiger partial charge in [-0.3, -0.25) is 4.79 Å². The summed E-state index contributed by atoms with van der Waals surface area (Å²) in [6.45, 7) is 4.42. The maximum absolute atomic E-state index is 13.8. The lowest BCUT2D eigenvalue weighted by Gasteiger charge is -2.31. The number of hydrogen-bond acceptors (Lipinski definition) is 8. The number of aryl methyl sites for hydroxylation is 1. The fourth-order valence-corrected chi connectivity index (χ4v) is 6.50. The Morgan fingerprint density at radius 3 is 2.29 bits per heavy atom. The molecule has 10 heteroatoms. The number of rotatable bonds is 9. The molecule has 2 aliphatic heterocycles. The summed E-state index contributed by atoms with van der Waals surface area (Å²) in [4.78, 5) is 28.9. The van der Waals surface area contributed by atoms with Gasteiger partial charge >= 0.3 is 5.97 Å². The molecule has 2 fully saturated rings. The van der Waals surface area contributed by atoms with Gasteiger partial charge in [0.1, 0.15) is 17.9 Å². The highest BCUT2D eigenvalue weighted by Gasteiger charge is 2.43. The maximum atomic E-state index is 13.8. The molecule has 38 heavy (non-hydrogen) atoms. The Kier molecular flexibility index (Phi) is 9.07. The van der Waals surface area contributed by atoms with Crippen LogP contribution in [0.1, 0.15) is 36.8 Å². The number of carbonyl (C=O) groups is 2. The van der Waals surface area contributed by atoms with Crippen LogP contribution < -0.4 is 10.1 Å². The van der Waals surface area contributed by atoms with Gasteiger partial charge in [-0.15, -0.1) is 0 Å². The second kappa shape index (κ2) is 12.3. The monoisotopic (exact) mass is 543 g/mol. The number of nitrogens with one attached hydrogen (secondary N) is 1. The molecule has 0 aliphatic carbocycles. The van der Waals surface area contributed by atoms with E-state index in [0.717, 1.165) is 42.2 Å². The first-order valence-corrected chi connectivity index (χ1v) is 14.5. The van der Waals surface area contributed by atoms with Crippen molar-refractivity contribution in [1.82, 2.24) is 14.5 Å². The van der Waals surface area contributed by atoms with Crippen molar-refractivity contribution in [3.8, 4) is 5.75 Å². The second-order valence-electron chi connectivity index (χ2n) is 10.1. The highest BCUT2D eigenvalue weighted by Crippen LogP contribution is 2.26. The fraction of sp³-hybridized carbons (Fsp3) is 0.500. The first-order valence-electron chi connectivity index (χ1n) is 13.1. The van der Waals surface area contributed by atoms with E-state index < -0.39 is 34.0 Å². The molecule has 0 unspecified atom stereocenters. The van der Waals surface area contributed by atoms with E-state index >= 15 is 0 Å². The van der Waals surface area contributed by atoms with Gasteiger partial charge in [0.15, 0.2) is 0 Å². The Hall–Kier alpha value is -2.95. The van der Waals surface area contributed by atoms with Crippen molar-refractivity contribution in [3.63, 3.8) is 0 Å². The highest BCUT2D eigenvalue weighted by molar-refractivity contribution is 7.89. The number of piperidine rings is 1. The van der Waals surface area contributed by atoms with E-state index in [4.69, 9.17) is 9.47 Å². The molecular formula is C28H37N3O6S. The third-order valence-electron chi connectivity index (χ3n) is 7.23. The molecule has 1 N–H and O–H groups in total. The van der Waals surface area contributed by atoms with E-state index in [1.54, 1.807) is 24.3 Å². The predicted octanol–water partition coefficient (Wildman–Crippen LogP) is 2.52. The summed E-state index contributed by atoms with van der Waals surface area (Å²) >= 11 is 0. The predicted molar refractivity (Wildman–Crippen MR) is 143 cm³/mol. The zero-order chi connectivity index (χ0) is 27.3. The van der Waals surface area contributed by atoms with Crippen molar-refractivity contribution in [2.24, 2.45) is 0 Å². The Morgan fingerprint density at radius 1 is 1.05 bits per heavy atom. The van der Waals surface area contributed by atoms with Gasteiger partial charge in [0.2, 0.25) is 0 Å². The van der Waals surface area contributed by atoms with Crippen LogP contribution in [0.5, 0.6) is 5.75 Å². The Morgan fingerprint density at radius 2 is 1.71 bits per heavy atom. The molecule has 2 atom stereocenters. The first kappa shape index (κ1) is 28.1. The minimum absolute atomic E-state index is 0.0231. The SMILES string of the molecule is COC(=O)[C@@H](Cc1ccc(OC2CCN(C)CC2)cc1)N(C(=O)[C@@H]1CCCN1)S(=O)(=O)c1ccc(C)cc1. The van der Waals surface area contributed by atoms with Crippen LogP contribution in [-0.4, -0.2) is 81.5 Å². The lowest BCUT2D eigenvalue weighted by Crippen LogP contribution is -2.55. The van der Waals surface area contributed by atoms with Crippen LogP contribution >= 0.6 is 0 Å². The van der Waals surface area contributed by atoms with Gasteiger partial charge in [0.25, 0.3) is 15.9 Å². The van der Waals surface area contributed by atoms with Gasteiger partial charge in [0.05, 0.1) is 18.0 Å². The second-order valence-corrected chi connectivity index (χ2v) is 11.9. The minimum atomic E-state index is -4.35. The van der Waals surface area contributed by atoms with Crippen molar-refractivity contribution < 1.29 is 27.5 Å². The fourth-order valence-electron chi connectivity index (χ4n) is 4.93. The number of carbonyl (C=O) groups excluding carboxylic acids is 2. The first-order chi connectivity index (χ1) is 18.2. The minimum Gasteiger partial charge on any atom is -0.490 e. The van der Waals surface area contributed by atoms with Gasteiger partial charge in [-0.25, -0.2) is 17.5 Å². The Bertz CT molecular complexity index is 1200. The van der Waals surface area contributed by atoms with E-state index in [-0.39, 0.29) is 17.4 Å². The summed E-state index contributed by atoms with van der Waals surface area (Å²) in [7, 11) is -1.05. The van der Waals surface area contributed by atoms with Gasteiger partial charge in [-0.05, 0) is 76.0 Å². The van der Waals surface area contributed by atoms with Crippen molar-refractivity contribution in [2.45, 2.75) is 62.1 Å². The largest absolute Gasteiger partial charge is 0.490 e. The van der Waals surface area contributed by atoms with E-state index in [9.17, 15) is 18.0 Å². The highest BCUT2D eigenvalue weighted by atomic mass is 32.2. The van der Waals surface area contributed by atoms with E-state index in [0.29, 0.717) is 24.3 Å². The summed E-state index contributed by atoms with van der Waals surface area (Å²) in [5, 5.41) is 3.07. The summed E-state index contributed by atoms with van der Waals surface area (Å²) in [6, 6.07) is 11.4. The maximum Gasteiger partial charge on any atom is 0.330 e. The average molecular weight is 544 g/mol. The number of amides is 1. The molecule has 2 heterocycles. The number of methoxy groups -OCH3 is 1. The third-order valence-corrected chi connectivity index (χ3v) is 9.05. The summed E-state index contributed by atoms with van der Waals surface area (Å²) in [5.74, 6) is -0.729. The third kappa shape index (κ3) is 6.54. The number of nitrogens with zero attached hydrogens (tertiary/aromatic N) is 2. The average Bonchev–Trinajstić information content (AvgIpc) is 3.45. The van der Waals surface area contributed by atoms with Gasteiger partial charge in [0, 0.05) is 19.5 Å². The van der Waals surface area contributed by atoms with Gasteiger partial charge in [-0.1, -0.05) is 29.8 Å². The zero-order valence-corrected chi connectivity index (χ0v) is 23.1. The molecule has 2 aromatic carbocycles. The molecule has 0 spiro atoms. The Labute approximate surface area is 225 Å². The summed E-state index contributed by atoms with van der Waals surface area (Å²) in [5.41, 5.74) is 1.57. The van der Waals surface area contributed by atoms with Crippen molar-refractivity contribution in [2.75, 3.05) is 33.8 Å². The van der Waals surface area contributed by atoms with Gasteiger partial charge in [-0.2, -0.15) is 0 Å². The quantitative estimate of drug-likeness (QED) is 0.481. The smallest absolute Gasteiger partial charge is 0.330 e. The summed E-state index contributed by atoms with van der Waals surface area (Å²) in [6.07, 6.45) is 3.26. The number of likely N-dealkylation sites (tertiary alicyclic amines) is 1. The number of benzene rings is 2. The molecule has 2 saturated heterocycles. The van der Waals surface area contributed by atoms with E-state index in [1.807, 2.05) is 19.1 Å². The zero-order valence-electron chi connectivity index (χ0n) is 22.3. The van der Waals surface area contributed by atoms with Crippen LogP contribution in [0.15, 0.2) is 53.4 Å². The van der Waals surface area contributed by atoms with Crippen molar-refractivity contribution >= 4 is 21.9 Å². The molecule has 2 aromatic rings. The van der Waals surface area contributed by atoms with Crippen LogP contribution in [0.25, 0.3) is 0 Å². The van der Waals surface area contributed by atoms with E-state index in [1.165, 1.54) is 19.2 Å². The molecule has 4 rings (SSSR count). The molecule has 9 nitrogen and oxygen atoms in total. The number of hydrogen-bond donors (Lipinski definition) is 1. The van der Waals surface area contributed by atoms with Crippen molar-refractivity contribution in [3.05, 3.63) is 59.7 Å². The van der Waals surface area contributed by atoms with E-state index in [2.05, 4.69) is 17.3 Å². The normalized spacial score (nSPS) is 19.6. The Balaban J connectivity index is 1.61. The topological polar surface area (TPSA) is 105 Å². The molecule has 0 saturated carbocycles. The van der Waals surface area contributed by atoms with Crippen LogP contribution in [0.3, 0.4) is 0 Å². The van der Waals surface area contributed by atoms with Crippen LogP contribution in [0, 0.1) is 6.92 Å². The number of sulfonamides is 1. The summed E-state index contributed by atoms with van der Waals surface area (Å²) < 4.78 is 39.5. The lowest BCUT2D eigenvalue weighted by atomic mass is 10.0. The van der Waals surface area contributed by atoms with Gasteiger partial charge < -0.3 is 19.7 Å². The molecule has 206 valence electrons. The molecule has 0 aromatic heterocycles.